The molecule has 0 aliphatic carbocycles. The van der Waals surface area contributed by atoms with Gasteiger partial charge in [0, 0.05) is 13.2 Å². The lowest BCUT2D eigenvalue weighted by molar-refractivity contribution is 0.713. The van der Waals surface area contributed by atoms with E-state index in [2.05, 4.69) is 25.8 Å². The molecule has 0 unspecified atom stereocenters. The Morgan fingerprint density at radius 3 is 2.80 bits per heavy atom. The molecule has 0 radical (unpaired) electrons. The summed E-state index contributed by atoms with van der Waals surface area (Å²) in [7, 11) is 1.82. The van der Waals surface area contributed by atoms with Gasteiger partial charge in [-0.05, 0) is 12.1 Å². The third kappa shape index (κ3) is 2.63. The van der Waals surface area contributed by atoms with Gasteiger partial charge in [-0.1, -0.05) is 16.8 Å². The highest BCUT2D eigenvalue weighted by atomic mass is 35.5. The Kier molecular flexibility index (Phi) is 2.77. The third-order valence-corrected chi connectivity index (χ3v) is 1.93. The van der Waals surface area contributed by atoms with Gasteiger partial charge in [0.25, 0.3) is 0 Å². The molecule has 7 heteroatoms. The van der Waals surface area contributed by atoms with Crippen molar-refractivity contribution in [2.45, 2.75) is 6.54 Å². The Morgan fingerprint density at radius 2 is 2.20 bits per heavy atom. The van der Waals surface area contributed by atoms with Crippen LogP contribution in [0.15, 0.2) is 18.3 Å². The average molecular weight is 225 g/mol. The Labute approximate surface area is 91.3 Å². The summed E-state index contributed by atoms with van der Waals surface area (Å²) in [4.78, 5) is 0. The van der Waals surface area contributed by atoms with E-state index >= 15 is 0 Å². The van der Waals surface area contributed by atoms with Crippen LogP contribution >= 0.6 is 11.6 Å². The van der Waals surface area contributed by atoms with E-state index in [0.717, 1.165) is 5.69 Å². The van der Waals surface area contributed by atoms with Crippen molar-refractivity contribution in [3.63, 3.8) is 0 Å². The van der Waals surface area contributed by atoms with E-state index in [1.54, 1.807) is 16.8 Å². The van der Waals surface area contributed by atoms with E-state index < -0.39 is 0 Å². The highest BCUT2D eigenvalue weighted by molar-refractivity contribution is 6.29. The molecule has 2 aromatic heterocycles. The molecule has 78 valence electrons. The summed E-state index contributed by atoms with van der Waals surface area (Å²) in [6.07, 6.45) is 1.83. The molecule has 0 spiro atoms. The van der Waals surface area contributed by atoms with E-state index in [1.807, 2.05) is 13.2 Å². The van der Waals surface area contributed by atoms with E-state index in [-0.39, 0.29) is 0 Å². The second kappa shape index (κ2) is 4.22. The van der Waals surface area contributed by atoms with Gasteiger partial charge in [0.1, 0.15) is 11.5 Å². The van der Waals surface area contributed by atoms with E-state index in [0.29, 0.717) is 17.5 Å². The van der Waals surface area contributed by atoms with Gasteiger partial charge >= 0.3 is 0 Å². The molecular formula is C8H9ClN6. The minimum atomic E-state index is 0.375. The molecule has 0 saturated carbocycles. The van der Waals surface area contributed by atoms with Gasteiger partial charge in [-0.2, -0.15) is 0 Å². The Hall–Kier alpha value is -1.69. The summed E-state index contributed by atoms with van der Waals surface area (Å²) in [6, 6.07) is 3.43. The number of hydrogen-bond donors (Lipinski definition) is 1. The van der Waals surface area contributed by atoms with Crippen LogP contribution in [0.3, 0.4) is 0 Å². The van der Waals surface area contributed by atoms with Crippen molar-refractivity contribution in [3.05, 3.63) is 29.2 Å². The number of nitrogens with zero attached hydrogens (tertiary/aromatic N) is 5. The zero-order valence-electron chi connectivity index (χ0n) is 8.05. The largest absolute Gasteiger partial charge is 0.363 e. The first-order chi connectivity index (χ1) is 7.24. The molecule has 0 aliphatic rings. The molecular weight excluding hydrogens is 216 g/mol. The fourth-order valence-corrected chi connectivity index (χ4v) is 1.17. The standard InChI is InChI=1S/C8H9ClN6/c1-15-5-6(11-14-15)4-10-8-3-2-7(9)12-13-8/h2-3,5H,4H2,1H3,(H,10,13). The van der Waals surface area contributed by atoms with Crippen LogP contribution in [0.4, 0.5) is 5.82 Å². The maximum Gasteiger partial charge on any atom is 0.151 e. The number of aromatic nitrogens is 5. The summed E-state index contributed by atoms with van der Waals surface area (Å²) in [5, 5.41) is 18.7. The minimum Gasteiger partial charge on any atom is -0.363 e. The average Bonchev–Trinajstić information content (AvgIpc) is 2.64. The Morgan fingerprint density at radius 1 is 1.33 bits per heavy atom. The monoisotopic (exact) mass is 224 g/mol. The molecule has 15 heavy (non-hydrogen) atoms. The molecule has 6 nitrogen and oxygen atoms in total. The molecule has 0 aromatic carbocycles. The number of hydrogen-bond acceptors (Lipinski definition) is 5. The normalized spacial score (nSPS) is 10.3. The van der Waals surface area contributed by atoms with Crippen LogP contribution in [0.25, 0.3) is 0 Å². The molecule has 0 aliphatic heterocycles. The van der Waals surface area contributed by atoms with E-state index in [9.17, 15) is 0 Å². The fraction of sp³-hybridized carbons (Fsp3) is 0.250. The highest BCUT2D eigenvalue weighted by Gasteiger charge is 1.99. The van der Waals surface area contributed by atoms with Gasteiger partial charge < -0.3 is 5.32 Å². The van der Waals surface area contributed by atoms with E-state index in [1.165, 1.54) is 0 Å². The van der Waals surface area contributed by atoms with Crippen molar-refractivity contribution >= 4 is 17.4 Å². The number of anilines is 1. The third-order valence-electron chi connectivity index (χ3n) is 1.73. The first kappa shape index (κ1) is 9.85. The number of rotatable bonds is 3. The smallest absolute Gasteiger partial charge is 0.151 e. The molecule has 2 rings (SSSR count). The van der Waals surface area contributed by atoms with Crippen LogP contribution in [0.5, 0.6) is 0 Å². The lowest BCUT2D eigenvalue weighted by atomic mass is 10.4. The van der Waals surface area contributed by atoms with Gasteiger partial charge in [-0.25, -0.2) is 0 Å². The van der Waals surface area contributed by atoms with Gasteiger partial charge in [0.2, 0.25) is 0 Å². The van der Waals surface area contributed by atoms with Crippen LogP contribution in [0, 0.1) is 0 Å². The SMILES string of the molecule is Cn1cc(CNc2ccc(Cl)nn2)nn1. The second-order valence-corrected chi connectivity index (χ2v) is 3.37. The quantitative estimate of drug-likeness (QED) is 0.838. The van der Waals surface area contributed by atoms with Crippen molar-refractivity contribution in [2.75, 3.05) is 5.32 Å². The zero-order valence-corrected chi connectivity index (χ0v) is 8.81. The number of aryl methyl sites for hydroxylation is 1. The Bertz CT molecular complexity index is 437. The highest BCUT2D eigenvalue weighted by Crippen LogP contribution is 2.06. The van der Waals surface area contributed by atoms with Gasteiger partial charge in [-0.15, -0.1) is 15.3 Å². The maximum absolute atomic E-state index is 5.61. The topological polar surface area (TPSA) is 68.5 Å². The maximum atomic E-state index is 5.61. The first-order valence-corrected chi connectivity index (χ1v) is 4.70. The van der Waals surface area contributed by atoms with Crippen LogP contribution in [-0.4, -0.2) is 25.2 Å². The van der Waals surface area contributed by atoms with Gasteiger partial charge in [0.15, 0.2) is 5.15 Å². The fourth-order valence-electron chi connectivity index (χ4n) is 1.07. The number of nitrogens with one attached hydrogen (secondary N) is 1. The first-order valence-electron chi connectivity index (χ1n) is 4.32. The number of halogens is 1. The van der Waals surface area contributed by atoms with Crippen LogP contribution in [0.2, 0.25) is 5.15 Å². The van der Waals surface area contributed by atoms with Crippen LogP contribution < -0.4 is 5.32 Å². The summed E-state index contributed by atoms with van der Waals surface area (Å²) in [5.41, 5.74) is 0.842. The molecule has 2 aromatic rings. The van der Waals surface area contributed by atoms with Crippen molar-refractivity contribution in [2.24, 2.45) is 7.05 Å². The predicted molar refractivity (Wildman–Crippen MR) is 55.4 cm³/mol. The molecule has 0 amide bonds. The molecule has 1 N–H and O–H groups in total. The molecule has 0 bridgehead atoms. The predicted octanol–water partition coefficient (Wildman–Crippen LogP) is 0.871. The van der Waals surface area contributed by atoms with Crippen LogP contribution in [0.1, 0.15) is 5.69 Å². The molecule has 0 atom stereocenters. The summed E-state index contributed by atoms with van der Waals surface area (Å²) in [6.45, 7) is 0.560. The summed E-state index contributed by atoms with van der Waals surface area (Å²) >= 11 is 5.61. The molecule has 0 fully saturated rings. The Balaban J connectivity index is 1.96. The van der Waals surface area contributed by atoms with Crippen molar-refractivity contribution in [3.8, 4) is 0 Å². The lowest BCUT2D eigenvalue weighted by Gasteiger charge is -2.00. The van der Waals surface area contributed by atoms with Crippen LogP contribution in [-0.2, 0) is 13.6 Å². The minimum absolute atomic E-state index is 0.375. The van der Waals surface area contributed by atoms with E-state index in [4.69, 9.17) is 11.6 Å². The van der Waals surface area contributed by atoms with Crippen molar-refractivity contribution < 1.29 is 0 Å². The van der Waals surface area contributed by atoms with Gasteiger partial charge in [-0.3, -0.25) is 4.68 Å². The second-order valence-electron chi connectivity index (χ2n) is 2.98. The molecule has 0 saturated heterocycles. The zero-order chi connectivity index (χ0) is 10.7. The van der Waals surface area contributed by atoms with Gasteiger partial charge in [0.05, 0.1) is 6.54 Å². The molecule has 2 heterocycles. The van der Waals surface area contributed by atoms with Crippen molar-refractivity contribution in [1.29, 1.82) is 0 Å². The summed E-state index contributed by atoms with van der Waals surface area (Å²) in [5.74, 6) is 0.657. The van der Waals surface area contributed by atoms with Crippen molar-refractivity contribution in [1.82, 2.24) is 25.2 Å². The lowest BCUT2D eigenvalue weighted by Crippen LogP contribution is -2.02. The summed E-state index contributed by atoms with van der Waals surface area (Å²) < 4.78 is 1.64.